The molecule has 4 aliphatic heterocycles. The number of hydrogen-bond donors (Lipinski definition) is 2. The summed E-state index contributed by atoms with van der Waals surface area (Å²) in [6.45, 7) is 8.30. The van der Waals surface area contributed by atoms with Crippen LogP contribution in [0.15, 0.2) is 79.0 Å². The number of fused-ring (bicyclic) bond motifs is 1. The summed E-state index contributed by atoms with van der Waals surface area (Å²) in [5.74, 6) is 0.238. The van der Waals surface area contributed by atoms with E-state index in [1.165, 1.54) is 0 Å². The van der Waals surface area contributed by atoms with Gasteiger partial charge < -0.3 is 24.4 Å². The fourth-order valence-electron chi connectivity index (χ4n) is 8.69. The highest BCUT2D eigenvalue weighted by atomic mass is 16.5. The highest BCUT2D eigenvalue weighted by molar-refractivity contribution is 6.23. The number of rotatable bonds is 11. The molecule has 2 N–H and O–H groups in total. The minimum atomic E-state index is -0.998. The van der Waals surface area contributed by atoms with Gasteiger partial charge in [-0.15, -0.1) is 0 Å². The molecular formula is C44H46N6O7. The average molecular weight is 771 g/mol. The van der Waals surface area contributed by atoms with Gasteiger partial charge in [0.2, 0.25) is 17.8 Å². The Morgan fingerprint density at radius 2 is 1.56 bits per heavy atom. The Labute approximate surface area is 331 Å². The van der Waals surface area contributed by atoms with E-state index in [0.29, 0.717) is 17.7 Å². The van der Waals surface area contributed by atoms with Crippen LogP contribution in [-0.2, 0) is 26.3 Å². The van der Waals surface area contributed by atoms with Crippen LogP contribution in [0.25, 0.3) is 0 Å². The SMILES string of the molecule is CC(C)(c1ccc(OCc2ccnc(N3CC4(COC4)C3)n2)cc1)c1ccc(OC2CCCCC2Nc2ccc3c(c2)C(=O)N(C2CCC(=O)NC2=O)C3=O)cc1. The summed E-state index contributed by atoms with van der Waals surface area (Å²) in [7, 11) is 0. The van der Waals surface area contributed by atoms with Crippen LogP contribution in [-0.4, -0.2) is 83.0 Å². The summed E-state index contributed by atoms with van der Waals surface area (Å²) in [5, 5.41) is 5.81. The van der Waals surface area contributed by atoms with Crippen molar-refractivity contribution in [3.05, 3.63) is 107 Å². The average Bonchev–Trinajstić information content (AvgIpc) is 3.42. The largest absolute Gasteiger partial charge is 0.488 e. The first kappa shape index (κ1) is 36.8. The fraction of sp³-hybridized carbons (Fsp3) is 0.409. The summed E-state index contributed by atoms with van der Waals surface area (Å²) >= 11 is 0. The smallest absolute Gasteiger partial charge is 0.262 e. The molecule has 13 nitrogen and oxygen atoms in total. The van der Waals surface area contributed by atoms with Crippen molar-refractivity contribution in [2.75, 3.05) is 36.5 Å². The van der Waals surface area contributed by atoms with Gasteiger partial charge >= 0.3 is 0 Å². The van der Waals surface area contributed by atoms with E-state index in [-0.39, 0.29) is 41.5 Å². The molecule has 3 unspecified atom stereocenters. The zero-order chi connectivity index (χ0) is 39.3. The number of amides is 4. The second-order valence-electron chi connectivity index (χ2n) is 16.6. The van der Waals surface area contributed by atoms with Crippen LogP contribution in [0.5, 0.6) is 11.5 Å². The van der Waals surface area contributed by atoms with Gasteiger partial charge in [0.1, 0.15) is 30.3 Å². The Balaban J connectivity index is 0.806. The minimum Gasteiger partial charge on any atom is -0.488 e. The van der Waals surface area contributed by atoms with Gasteiger partial charge in [-0.3, -0.25) is 29.4 Å². The van der Waals surface area contributed by atoms with Crippen LogP contribution in [0.2, 0.25) is 0 Å². The topological polar surface area (TPSA) is 152 Å². The minimum absolute atomic E-state index is 0.0148. The van der Waals surface area contributed by atoms with Gasteiger partial charge in [0.05, 0.1) is 41.5 Å². The zero-order valence-electron chi connectivity index (χ0n) is 32.2. The lowest BCUT2D eigenvalue weighted by Gasteiger charge is -2.54. The third-order valence-corrected chi connectivity index (χ3v) is 12.2. The molecule has 4 aromatic rings. The molecule has 3 aromatic carbocycles. The van der Waals surface area contributed by atoms with Crippen molar-refractivity contribution in [1.29, 1.82) is 0 Å². The Kier molecular flexibility index (Phi) is 9.42. The van der Waals surface area contributed by atoms with Crippen LogP contribution < -0.4 is 25.0 Å². The number of nitrogens with zero attached hydrogens (tertiary/aromatic N) is 4. The van der Waals surface area contributed by atoms with Gasteiger partial charge in [0.25, 0.3) is 11.8 Å². The van der Waals surface area contributed by atoms with E-state index in [0.717, 1.165) is 91.2 Å². The predicted molar refractivity (Wildman–Crippen MR) is 210 cm³/mol. The molecule has 1 aromatic heterocycles. The van der Waals surface area contributed by atoms with Crippen molar-refractivity contribution in [2.24, 2.45) is 5.41 Å². The molecule has 4 amide bonds. The van der Waals surface area contributed by atoms with Crippen LogP contribution in [0.4, 0.5) is 11.6 Å². The summed E-state index contributed by atoms with van der Waals surface area (Å²) in [5.41, 5.74) is 4.39. The molecule has 13 heteroatoms. The Morgan fingerprint density at radius 1 is 0.860 bits per heavy atom. The highest BCUT2D eigenvalue weighted by Crippen LogP contribution is 2.39. The monoisotopic (exact) mass is 770 g/mol. The van der Waals surface area contributed by atoms with Crippen molar-refractivity contribution in [3.63, 3.8) is 0 Å². The van der Waals surface area contributed by atoms with E-state index in [2.05, 4.69) is 58.6 Å². The predicted octanol–water partition coefficient (Wildman–Crippen LogP) is 5.42. The van der Waals surface area contributed by atoms with Gasteiger partial charge in [-0.25, -0.2) is 9.97 Å². The molecule has 0 bridgehead atoms. The number of aromatic nitrogens is 2. The summed E-state index contributed by atoms with van der Waals surface area (Å²) < 4.78 is 18.1. The first-order valence-corrected chi connectivity index (χ1v) is 19.8. The number of nitrogens with one attached hydrogen (secondary N) is 2. The summed E-state index contributed by atoms with van der Waals surface area (Å²) in [6.07, 6.45) is 5.73. The lowest BCUT2D eigenvalue weighted by Crippen LogP contribution is -2.66. The number of anilines is 2. The number of carbonyl (C=O) groups excluding carboxylic acids is 4. The fourth-order valence-corrected chi connectivity index (χ4v) is 8.69. The number of imide groups is 2. The van der Waals surface area contributed by atoms with Gasteiger partial charge in [0.15, 0.2) is 0 Å². The van der Waals surface area contributed by atoms with E-state index in [4.69, 9.17) is 19.2 Å². The standard InChI is InChI=1S/C44H46N6O7/c1-43(2,27-7-12-31(13-8-27)56-22-30-19-20-45-42(47-30)49-23-44(24-49)25-55-26-44)28-9-14-32(15-10-28)57-37-6-4-3-5-35(37)46-29-11-16-33-34(21-29)41(54)50(40(33)53)36-17-18-38(51)48-39(36)52/h7-16,19-21,35-37,46H,3-6,17-18,22-26H2,1-2H3,(H,48,51,52). The van der Waals surface area contributed by atoms with Gasteiger partial charge in [-0.05, 0) is 85.3 Å². The Bertz CT molecular complexity index is 2210. The lowest BCUT2D eigenvalue weighted by atomic mass is 9.78. The molecule has 9 rings (SSSR count). The maximum Gasteiger partial charge on any atom is 0.262 e. The van der Waals surface area contributed by atoms with Crippen molar-refractivity contribution in [2.45, 2.75) is 82.6 Å². The van der Waals surface area contributed by atoms with Crippen molar-refractivity contribution in [1.82, 2.24) is 20.2 Å². The maximum atomic E-state index is 13.4. The number of benzene rings is 3. The van der Waals surface area contributed by atoms with Crippen molar-refractivity contribution in [3.8, 4) is 11.5 Å². The van der Waals surface area contributed by atoms with Crippen LogP contribution in [0.1, 0.15) is 89.9 Å². The number of carbonyl (C=O) groups is 4. The maximum absolute atomic E-state index is 13.4. The van der Waals surface area contributed by atoms with E-state index >= 15 is 0 Å². The molecule has 0 radical (unpaired) electrons. The molecular weight excluding hydrogens is 725 g/mol. The molecule has 5 heterocycles. The van der Waals surface area contributed by atoms with Gasteiger partial charge in [-0.2, -0.15) is 0 Å². The first-order valence-electron chi connectivity index (χ1n) is 19.8. The quantitative estimate of drug-likeness (QED) is 0.188. The third kappa shape index (κ3) is 7.09. The number of hydrogen-bond acceptors (Lipinski definition) is 11. The molecule has 57 heavy (non-hydrogen) atoms. The van der Waals surface area contributed by atoms with Crippen LogP contribution in [0, 0.1) is 5.41 Å². The second-order valence-corrected chi connectivity index (χ2v) is 16.6. The lowest BCUT2D eigenvalue weighted by molar-refractivity contribution is -0.136. The van der Waals surface area contributed by atoms with Crippen LogP contribution >= 0.6 is 0 Å². The normalized spacial score (nSPS) is 22.7. The molecule has 3 saturated heterocycles. The van der Waals surface area contributed by atoms with Gasteiger partial charge in [-0.1, -0.05) is 44.5 Å². The zero-order valence-corrected chi connectivity index (χ0v) is 32.2. The number of ether oxygens (including phenoxy) is 3. The summed E-state index contributed by atoms with van der Waals surface area (Å²) in [4.78, 5) is 63.1. The molecule has 5 aliphatic rings. The molecule has 1 spiro atoms. The highest BCUT2D eigenvalue weighted by Gasteiger charge is 2.50. The summed E-state index contributed by atoms with van der Waals surface area (Å²) in [6, 6.07) is 22.5. The van der Waals surface area contributed by atoms with E-state index in [9.17, 15) is 19.2 Å². The molecule has 1 saturated carbocycles. The molecule has 1 aliphatic carbocycles. The van der Waals surface area contributed by atoms with Crippen molar-refractivity contribution < 1.29 is 33.4 Å². The van der Waals surface area contributed by atoms with E-state index in [1.54, 1.807) is 24.4 Å². The first-order chi connectivity index (χ1) is 27.5. The molecule has 4 fully saturated rings. The molecule has 294 valence electrons. The van der Waals surface area contributed by atoms with E-state index in [1.807, 2.05) is 30.3 Å². The Morgan fingerprint density at radius 3 is 2.26 bits per heavy atom. The van der Waals surface area contributed by atoms with Crippen LogP contribution in [0.3, 0.4) is 0 Å². The number of piperidine rings is 1. The Hall–Kier alpha value is -5.82. The molecule has 3 atom stereocenters. The van der Waals surface area contributed by atoms with Crippen molar-refractivity contribution >= 4 is 35.3 Å². The van der Waals surface area contributed by atoms with Gasteiger partial charge in [0, 0.05) is 36.8 Å². The van der Waals surface area contributed by atoms with E-state index < -0.39 is 29.7 Å². The third-order valence-electron chi connectivity index (χ3n) is 12.2. The second kappa shape index (κ2) is 14.6.